The summed E-state index contributed by atoms with van der Waals surface area (Å²) in [5.74, 6) is -0.0744. The molecule has 3 aromatic rings. The predicted molar refractivity (Wildman–Crippen MR) is 95.2 cm³/mol. The van der Waals surface area contributed by atoms with Gasteiger partial charge < -0.3 is 5.32 Å². The summed E-state index contributed by atoms with van der Waals surface area (Å²) < 4.78 is 1.92. The number of hydrogen-bond donors (Lipinski definition) is 1. The van der Waals surface area contributed by atoms with Gasteiger partial charge in [0.25, 0.3) is 5.91 Å². The zero-order valence-electron chi connectivity index (χ0n) is 12.2. The van der Waals surface area contributed by atoms with Crippen LogP contribution in [0.25, 0.3) is 22.2 Å². The number of carbonyl (C=O) groups is 1. The predicted octanol–water partition coefficient (Wildman–Crippen LogP) is 3.58. The van der Waals surface area contributed by atoms with Crippen LogP contribution in [0.2, 0.25) is 0 Å². The Bertz CT molecular complexity index is 1020. The maximum absolute atomic E-state index is 11.8. The van der Waals surface area contributed by atoms with E-state index in [1.54, 1.807) is 0 Å². The molecule has 1 atom stereocenters. The van der Waals surface area contributed by atoms with Gasteiger partial charge >= 0.3 is 0 Å². The molecule has 23 heavy (non-hydrogen) atoms. The fourth-order valence-corrected chi connectivity index (χ4v) is 3.82. The van der Waals surface area contributed by atoms with Crippen LogP contribution in [0.4, 0.5) is 0 Å². The largest absolute Gasteiger partial charge is 0.344 e. The quantitative estimate of drug-likeness (QED) is 0.619. The maximum atomic E-state index is 11.8. The highest BCUT2D eigenvalue weighted by atomic mass is 127. The second kappa shape index (κ2) is 5.06. The number of benzene rings is 1. The number of nitrogens with zero attached hydrogens (tertiary/aromatic N) is 3. The van der Waals surface area contributed by atoms with Crippen LogP contribution in [0.1, 0.15) is 34.6 Å². The van der Waals surface area contributed by atoms with Crippen LogP contribution in [0.3, 0.4) is 0 Å². The first-order chi connectivity index (χ1) is 11.1. The Balaban J connectivity index is 1.97. The van der Waals surface area contributed by atoms with Crippen molar-refractivity contribution in [1.29, 1.82) is 5.26 Å². The summed E-state index contributed by atoms with van der Waals surface area (Å²) in [6.45, 7) is 1.93. The van der Waals surface area contributed by atoms with Gasteiger partial charge in [-0.15, -0.1) is 0 Å². The van der Waals surface area contributed by atoms with Crippen LogP contribution in [0, 0.1) is 11.3 Å². The van der Waals surface area contributed by atoms with Crippen molar-refractivity contribution in [2.45, 2.75) is 13.0 Å². The molecule has 0 spiro atoms. The Kier molecular flexibility index (Phi) is 3.13. The smallest absolute Gasteiger partial charge is 0.253 e. The fourth-order valence-electron chi connectivity index (χ4n) is 3.02. The average molecular weight is 414 g/mol. The van der Waals surface area contributed by atoms with Gasteiger partial charge in [-0.05, 0) is 25.1 Å². The molecule has 5 nitrogen and oxygen atoms in total. The van der Waals surface area contributed by atoms with Crippen LogP contribution in [-0.4, -0.2) is 13.7 Å². The van der Waals surface area contributed by atoms with Crippen molar-refractivity contribution in [1.82, 2.24) is 13.1 Å². The monoisotopic (exact) mass is 414 g/mol. The van der Waals surface area contributed by atoms with Crippen molar-refractivity contribution in [3.05, 3.63) is 53.3 Å². The Morgan fingerprint density at radius 1 is 1.30 bits per heavy atom. The first-order valence-electron chi connectivity index (χ1n) is 7.12. The van der Waals surface area contributed by atoms with Crippen LogP contribution in [0.15, 0.2) is 36.5 Å². The Hall–Kier alpha value is -2.40. The lowest BCUT2D eigenvalue weighted by atomic mass is 10.1. The van der Waals surface area contributed by atoms with Crippen LogP contribution in [-0.2, 0) is 0 Å². The minimum absolute atomic E-state index is 0.0744. The summed E-state index contributed by atoms with van der Waals surface area (Å²) in [7, 11) is 0. The van der Waals surface area contributed by atoms with Crippen LogP contribution >= 0.6 is 22.9 Å². The molecular weight excluding hydrogens is 403 g/mol. The zero-order valence-corrected chi connectivity index (χ0v) is 14.3. The van der Waals surface area contributed by atoms with Crippen molar-refractivity contribution >= 4 is 39.7 Å². The SMILES string of the molecule is CC1NC(=O)c2ccc(-c3cn(I)c4c(C#N)cccc34)nc21. The molecule has 2 aromatic heterocycles. The molecule has 0 saturated heterocycles. The van der Waals surface area contributed by atoms with Gasteiger partial charge in [0.2, 0.25) is 0 Å². The zero-order chi connectivity index (χ0) is 16.1. The summed E-state index contributed by atoms with van der Waals surface area (Å²) in [5.41, 5.74) is 4.70. The summed E-state index contributed by atoms with van der Waals surface area (Å²) in [6.07, 6.45) is 1.97. The third-order valence-corrected chi connectivity index (χ3v) is 4.87. The van der Waals surface area contributed by atoms with Gasteiger partial charge in [0.15, 0.2) is 0 Å². The average Bonchev–Trinajstić information content (AvgIpc) is 3.05. The molecule has 0 aliphatic carbocycles. The van der Waals surface area contributed by atoms with Gasteiger partial charge in [-0.25, -0.2) is 4.98 Å². The lowest BCUT2D eigenvalue weighted by Crippen LogP contribution is -2.16. The van der Waals surface area contributed by atoms with Gasteiger partial charge in [0.05, 0.1) is 56.9 Å². The molecule has 1 aromatic carbocycles. The number of carbonyl (C=O) groups excluding carboxylic acids is 1. The van der Waals surface area contributed by atoms with Gasteiger partial charge in [-0.1, -0.05) is 12.1 Å². The summed E-state index contributed by atoms with van der Waals surface area (Å²) in [4.78, 5) is 16.5. The fraction of sp³-hybridized carbons (Fsp3) is 0.118. The van der Waals surface area contributed by atoms with E-state index < -0.39 is 0 Å². The minimum atomic E-state index is -0.0833. The minimum Gasteiger partial charge on any atom is -0.344 e. The molecular formula is C17H11IN4O. The number of aromatic nitrogens is 2. The molecule has 1 aliphatic heterocycles. The molecule has 4 rings (SSSR count). The Morgan fingerprint density at radius 2 is 2.13 bits per heavy atom. The van der Waals surface area contributed by atoms with Gasteiger partial charge in [0.1, 0.15) is 6.07 Å². The number of nitriles is 1. The number of halogens is 1. The van der Waals surface area contributed by atoms with E-state index >= 15 is 0 Å². The third kappa shape index (κ3) is 2.04. The van der Waals surface area contributed by atoms with Crippen molar-refractivity contribution in [3.8, 4) is 17.3 Å². The number of fused-ring (bicyclic) bond motifs is 2. The molecule has 112 valence electrons. The van der Waals surface area contributed by atoms with Crippen molar-refractivity contribution in [2.24, 2.45) is 0 Å². The van der Waals surface area contributed by atoms with Gasteiger partial charge in [-0.3, -0.25) is 7.58 Å². The van der Waals surface area contributed by atoms with E-state index in [4.69, 9.17) is 4.98 Å². The molecule has 1 aliphatic rings. The molecule has 1 amide bonds. The number of nitrogens with one attached hydrogen (secondary N) is 1. The first-order valence-corrected chi connectivity index (χ1v) is 8.09. The normalized spacial score (nSPS) is 16.2. The second-order valence-electron chi connectivity index (χ2n) is 5.49. The molecule has 0 fully saturated rings. The maximum Gasteiger partial charge on any atom is 0.253 e. The van der Waals surface area contributed by atoms with Gasteiger partial charge in [-0.2, -0.15) is 5.26 Å². The number of amides is 1. The first kappa shape index (κ1) is 14.2. The Morgan fingerprint density at radius 3 is 2.91 bits per heavy atom. The molecule has 1 N–H and O–H groups in total. The Labute approximate surface area is 146 Å². The van der Waals surface area contributed by atoms with E-state index in [9.17, 15) is 10.1 Å². The molecule has 0 radical (unpaired) electrons. The summed E-state index contributed by atoms with van der Waals surface area (Å²) >= 11 is 2.17. The lowest BCUT2D eigenvalue weighted by molar-refractivity contribution is 0.0958. The van der Waals surface area contributed by atoms with E-state index in [-0.39, 0.29) is 11.9 Å². The van der Waals surface area contributed by atoms with Gasteiger partial charge in [0, 0.05) is 17.1 Å². The highest BCUT2D eigenvalue weighted by Gasteiger charge is 2.27. The van der Waals surface area contributed by atoms with Crippen molar-refractivity contribution < 1.29 is 4.79 Å². The molecule has 6 heteroatoms. The van der Waals surface area contributed by atoms with Crippen LogP contribution in [0.5, 0.6) is 0 Å². The van der Waals surface area contributed by atoms with E-state index in [2.05, 4.69) is 34.3 Å². The van der Waals surface area contributed by atoms with E-state index in [1.807, 2.05) is 46.2 Å². The molecule has 3 heterocycles. The van der Waals surface area contributed by atoms with E-state index in [1.165, 1.54) is 0 Å². The standard InChI is InChI=1S/C17H11IN4O/c1-9-15-12(17(23)20-9)5-6-14(21-15)13-8-22(18)16-10(7-19)3-2-4-11(13)16/h2-6,8-9H,1H3,(H,20,23). The number of hydrogen-bond acceptors (Lipinski definition) is 3. The topological polar surface area (TPSA) is 70.7 Å². The molecule has 0 saturated carbocycles. The van der Waals surface area contributed by atoms with Crippen LogP contribution < -0.4 is 5.32 Å². The van der Waals surface area contributed by atoms with E-state index in [0.717, 1.165) is 27.9 Å². The number of rotatable bonds is 1. The molecule has 1 unspecified atom stereocenters. The van der Waals surface area contributed by atoms with Crippen molar-refractivity contribution in [3.63, 3.8) is 0 Å². The number of para-hydroxylation sites is 1. The highest BCUT2D eigenvalue weighted by Crippen LogP contribution is 2.34. The second-order valence-corrected chi connectivity index (χ2v) is 6.53. The summed E-state index contributed by atoms with van der Waals surface area (Å²) in [6, 6.07) is 11.5. The highest BCUT2D eigenvalue weighted by molar-refractivity contribution is 14.1. The molecule has 0 bridgehead atoms. The third-order valence-electron chi connectivity index (χ3n) is 4.11. The van der Waals surface area contributed by atoms with Crippen molar-refractivity contribution in [2.75, 3.05) is 0 Å². The summed E-state index contributed by atoms with van der Waals surface area (Å²) in [5, 5.41) is 13.2. The van der Waals surface area contributed by atoms with E-state index in [0.29, 0.717) is 11.1 Å². The lowest BCUT2D eigenvalue weighted by Gasteiger charge is -2.05. The number of pyridine rings is 1.